The van der Waals surface area contributed by atoms with Crippen LogP contribution >= 0.6 is 22.7 Å². The summed E-state index contributed by atoms with van der Waals surface area (Å²) >= 11 is 3.23. The van der Waals surface area contributed by atoms with E-state index >= 15 is 0 Å². The van der Waals surface area contributed by atoms with Gasteiger partial charge in [-0.05, 0) is 42.8 Å². The molecule has 0 bridgehead atoms. The number of anilines is 1. The Balaban J connectivity index is 1.16. The third kappa shape index (κ3) is 4.14. The Kier molecular flexibility index (Phi) is 5.69. The number of carbonyl (C=O) groups is 1. The van der Waals surface area contributed by atoms with Crippen molar-refractivity contribution in [3.8, 4) is 5.75 Å². The van der Waals surface area contributed by atoms with Crippen LogP contribution in [0.5, 0.6) is 5.75 Å². The van der Waals surface area contributed by atoms with Crippen molar-refractivity contribution < 1.29 is 18.3 Å². The first-order chi connectivity index (χ1) is 15.5. The molecule has 1 fully saturated rings. The second-order valence-electron chi connectivity index (χ2n) is 7.91. The normalized spacial score (nSPS) is 16.2. The minimum atomic E-state index is -0.846. The first kappa shape index (κ1) is 21.1. The van der Waals surface area contributed by atoms with Gasteiger partial charge in [0.05, 0.1) is 19.9 Å². The van der Waals surface area contributed by atoms with Crippen LogP contribution in [-0.2, 0) is 4.79 Å². The lowest BCUT2D eigenvalue weighted by molar-refractivity contribution is -0.123. The first-order valence-corrected chi connectivity index (χ1v) is 12.0. The van der Waals surface area contributed by atoms with Crippen molar-refractivity contribution >= 4 is 54.6 Å². The third-order valence-electron chi connectivity index (χ3n) is 5.67. The molecule has 1 atom stereocenters. The zero-order valence-electron chi connectivity index (χ0n) is 17.4. The summed E-state index contributed by atoms with van der Waals surface area (Å²) in [5.74, 6) is -0.936. The quantitative estimate of drug-likeness (QED) is 0.422. The Morgan fingerprint density at radius 3 is 3.00 bits per heavy atom. The molecule has 4 aromatic rings. The Hall–Kier alpha value is -2.78. The minimum Gasteiger partial charge on any atom is -0.483 e. The van der Waals surface area contributed by atoms with Crippen LogP contribution in [0.25, 0.3) is 20.3 Å². The second-order valence-corrected chi connectivity index (χ2v) is 10.1. The highest BCUT2D eigenvalue weighted by molar-refractivity contribution is 7.21. The van der Waals surface area contributed by atoms with Crippen LogP contribution in [0.2, 0.25) is 0 Å². The number of thiophene rings is 1. The Bertz CT molecular complexity index is 1300. The number of aromatic nitrogens is 1. The molecule has 1 aliphatic heterocycles. The van der Waals surface area contributed by atoms with Gasteiger partial charge in [-0.2, -0.15) is 0 Å². The molecule has 166 valence electrons. The summed E-state index contributed by atoms with van der Waals surface area (Å²) in [7, 11) is 0. The van der Waals surface area contributed by atoms with E-state index in [0.717, 1.165) is 44.3 Å². The molecule has 2 aromatic heterocycles. The lowest BCUT2D eigenvalue weighted by atomic mass is 10.1. The molecule has 5 nitrogen and oxygen atoms in total. The van der Waals surface area contributed by atoms with Crippen LogP contribution in [0.15, 0.2) is 35.7 Å². The van der Waals surface area contributed by atoms with Crippen molar-refractivity contribution in [3.63, 3.8) is 0 Å². The minimum absolute atomic E-state index is 0.0617. The predicted molar refractivity (Wildman–Crippen MR) is 125 cm³/mol. The number of amides is 1. The van der Waals surface area contributed by atoms with E-state index in [4.69, 9.17) is 4.74 Å². The van der Waals surface area contributed by atoms with Gasteiger partial charge in [0.2, 0.25) is 0 Å². The van der Waals surface area contributed by atoms with Gasteiger partial charge in [0, 0.05) is 42.8 Å². The fourth-order valence-electron chi connectivity index (χ4n) is 4.07. The molecular weight excluding hydrogens is 452 g/mol. The largest absolute Gasteiger partial charge is 0.483 e. The zero-order chi connectivity index (χ0) is 22.2. The highest BCUT2D eigenvalue weighted by Gasteiger charge is 2.24. The summed E-state index contributed by atoms with van der Waals surface area (Å²) in [6.45, 7) is 3.86. The van der Waals surface area contributed by atoms with Gasteiger partial charge in [0.15, 0.2) is 18.2 Å². The van der Waals surface area contributed by atoms with E-state index in [9.17, 15) is 13.6 Å². The molecule has 2 aromatic carbocycles. The van der Waals surface area contributed by atoms with Crippen molar-refractivity contribution in [1.29, 1.82) is 0 Å². The topological polar surface area (TPSA) is 54.5 Å². The van der Waals surface area contributed by atoms with Gasteiger partial charge in [-0.1, -0.05) is 0 Å². The van der Waals surface area contributed by atoms with Gasteiger partial charge in [-0.3, -0.25) is 4.79 Å². The molecule has 1 unspecified atom stereocenters. The van der Waals surface area contributed by atoms with E-state index < -0.39 is 11.6 Å². The molecule has 32 heavy (non-hydrogen) atoms. The second kappa shape index (κ2) is 8.63. The average molecular weight is 474 g/mol. The van der Waals surface area contributed by atoms with E-state index in [-0.39, 0.29) is 18.4 Å². The SMILES string of the molecule is Cc1nc2c(cc(OCC(=O)NCC3CCN(c4ccc(F)c(F)c4)C3)c3ccsc32)s1. The van der Waals surface area contributed by atoms with Gasteiger partial charge < -0.3 is 15.0 Å². The Morgan fingerprint density at radius 1 is 1.28 bits per heavy atom. The number of hydrogen-bond donors (Lipinski definition) is 1. The molecule has 0 spiro atoms. The standard InChI is InChI=1S/C23H21F2N3O2S2/c1-13-27-22-20(32-13)9-19(16-5-7-31-23(16)22)30-12-21(29)26-10-14-4-6-28(11-14)15-2-3-17(24)18(25)8-15/h2-3,5,7-9,14H,4,6,10-12H2,1H3,(H,26,29). The van der Waals surface area contributed by atoms with Crippen LogP contribution < -0.4 is 15.0 Å². The van der Waals surface area contributed by atoms with Crippen molar-refractivity contribution in [2.75, 3.05) is 31.1 Å². The Morgan fingerprint density at radius 2 is 2.16 bits per heavy atom. The van der Waals surface area contributed by atoms with Crippen molar-refractivity contribution in [3.05, 3.63) is 52.4 Å². The van der Waals surface area contributed by atoms with Gasteiger partial charge in [0.25, 0.3) is 5.91 Å². The van der Waals surface area contributed by atoms with Gasteiger partial charge in [0.1, 0.15) is 5.75 Å². The van der Waals surface area contributed by atoms with Gasteiger partial charge >= 0.3 is 0 Å². The lowest BCUT2D eigenvalue weighted by Gasteiger charge is -2.19. The number of carbonyl (C=O) groups excluding carboxylic acids is 1. The molecule has 1 aliphatic rings. The summed E-state index contributed by atoms with van der Waals surface area (Å²) < 4.78 is 34.7. The fraction of sp³-hybridized carbons (Fsp3) is 0.304. The molecule has 1 saturated heterocycles. The van der Waals surface area contributed by atoms with Gasteiger partial charge in [-0.15, -0.1) is 22.7 Å². The maximum absolute atomic E-state index is 13.5. The van der Waals surface area contributed by atoms with E-state index in [1.54, 1.807) is 28.7 Å². The van der Waals surface area contributed by atoms with E-state index in [1.807, 2.05) is 29.3 Å². The number of aryl methyl sites for hydroxylation is 1. The maximum atomic E-state index is 13.5. The molecular formula is C23H21F2N3O2S2. The van der Waals surface area contributed by atoms with Crippen LogP contribution in [-0.4, -0.2) is 37.1 Å². The average Bonchev–Trinajstić information content (AvgIpc) is 3.51. The lowest BCUT2D eigenvalue weighted by Crippen LogP contribution is -2.34. The Labute approximate surface area is 191 Å². The molecule has 0 saturated carbocycles. The fourth-order valence-corrected chi connectivity index (χ4v) is 5.91. The van der Waals surface area contributed by atoms with Crippen LogP contribution in [0.3, 0.4) is 0 Å². The number of halogens is 2. The van der Waals surface area contributed by atoms with Crippen molar-refractivity contribution in [1.82, 2.24) is 10.3 Å². The number of ether oxygens (including phenoxy) is 1. The number of thiazole rings is 1. The first-order valence-electron chi connectivity index (χ1n) is 10.3. The van der Waals surface area contributed by atoms with E-state index in [2.05, 4.69) is 10.3 Å². The number of rotatable bonds is 6. The molecule has 9 heteroatoms. The summed E-state index contributed by atoms with van der Waals surface area (Å²) in [4.78, 5) is 19.0. The van der Waals surface area contributed by atoms with Crippen LogP contribution in [0.1, 0.15) is 11.4 Å². The molecule has 1 N–H and O–H groups in total. The van der Waals surface area contributed by atoms with Crippen LogP contribution in [0, 0.1) is 24.5 Å². The van der Waals surface area contributed by atoms with Crippen LogP contribution in [0.4, 0.5) is 14.5 Å². The zero-order valence-corrected chi connectivity index (χ0v) is 19.0. The van der Waals surface area contributed by atoms with E-state index in [1.165, 1.54) is 6.07 Å². The summed E-state index contributed by atoms with van der Waals surface area (Å²) in [5.41, 5.74) is 1.65. The molecule has 1 amide bonds. The van der Waals surface area contributed by atoms with Crippen molar-refractivity contribution in [2.24, 2.45) is 5.92 Å². The highest BCUT2D eigenvalue weighted by Crippen LogP contribution is 2.38. The summed E-state index contributed by atoms with van der Waals surface area (Å²) in [6, 6.07) is 7.90. The summed E-state index contributed by atoms with van der Waals surface area (Å²) in [5, 5.41) is 6.91. The molecule has 5 rings (SSSR count). The number of nitrogens with one attached hydrogen (secondary N) is 1. The molecule has 0 aliphatic carbocycles. The highest BCUT2D eigenvalue weighted by atomic mass is 32.1. The maximum Gasteiger partial charge on any atom is 0.257 e. The number of benzene rings is 2. The summed E-state index contributed by atoms with van der Waals surface area (Å²) in [6.07, 6.45) is 0.872. The molecule has 3 heterocycles. The number of hydrogen-bond acceptors (Lipinski definition) is 6. The smallest absolute Gasteiger partial charge is 0.257 e. The molecule has 0 radical (unpaired) electrons. The van der Waals surface area contributed by atoms with Gasteiger partial charge in [-0.25, -0.2) is 13.8 Å². The number of nitrogens with zero attached hydrogens (tertiary/aromatic N) is 2. The predicted octanol–water partition coefficient (Wildman–Crippen LogP) is 5.12. The van der Waals surface area contributed by atoms with Crippen molar-refractivity contribution in [2.45, 2.75) is 13.3 Å². The van der Waals surface area contributed by atoms with E-state index in [0.29, 0.717) is 24.5 Å². The number of fused-ring (bicyclic) bond motifs is 3. The third-order valence-corrected chi connectivity index (χ3v) is 7.51. The monoisotopic (exact) mass is 473 g/mol.